The molecule has 2 unspecified atom stereocenters. The molecule has 0 aliphatic carbocycles. The summed E-state index contributed by atoms with van der Waals surface area (Å²) in [6, 6.07) is 5.99. The fraction of sp³-hybridized carbons (Fsp3) is 0.500. The van der Waals surface area contributed by atoms with Gasteiger partial charge in [-0.3, -0.25) is 0 Å². The van der Waals surface area contributed by atoms with Gasteiger partial charge in [-0.1, -0.05) is 23.7 Å². The fourth-order valence-electron chi connectivity index (χ4n) is 2.20. The van der Waals surface area contributed by atoms with E-state index in [0.29, 0.717) is 10.9 Å². The first-order chi connectivity index (χ1) is 7.76. The van der Waals surface area contributed by atoms with E-state index in [9.17, 15) is 0 Å². The Bertz CT molecular complexity index is 370. The molecule has 16 heavy (non-hydrogen) atoms. The molecule has 0 spiro atoms. The van der Waals surface area contributed by atoms with Crippen LogP contribution in [0.15, 0.2) is 18.2 Å². The Balaban J connectivity index is 2.24. The lowest BCUT2D eigenvalue weighted by molar-refractivity contribution is 0.235. The second-order valence-corrected chi connectivity index (χ2v) is 4.51. The number of aliphatic hydroxyl groups is 1. The average molecular weight is 242 g/mol. The summed E-state index contributed by atoms with van der Waals surface area (Å²) in [5, 5.41) is 13.1. The molecule has 1 aromatic carbocycles. The number of hydrogen-bond acceptors (Lipinski definition) is 3. The first-order valence-electron chi connectivity index (χ1n) is 5.43. The van der Waals surface area contributed by atoms with Crippen molar-refractivity contribution in [2.75, 3.05) is 20.3 Å². The molecule has 0 bridgehead atoms. The topological polar surface area (TPSA) is 41.5 Å². The minimum Gasteiger partial charge on any atom is -0.495 e. The number of benzene rings is 1. The quantitative estimate of drug-likeness (QED) is 0.851. The van der Waals surface area contributed by atoms with Crippen LogP contribution in [-0.4, -0.2) is 25.4 Å². The van der Waals surface area contributed by atoms with Crippen LogP contribution in [0.4, 0.5) is 0 Å². The number of halogens is 1. The minimum atomic E-state index is 0.228. The highest BCUT2D eigenvalue weighted by Crippen LogP contribution is 2.37. The fourth-order valence-corrected chi connectivity index (χ4v) is 2.46. The standard InChI is InChI=1S/C12H16ClNO2/c1-16-12-9(3-2-4-10(12)13)11-5-8(7-15)6-14-11/h2-4,8,11,14-15H,5-7H2,1H3. The van der Waals surface area contributed by atoms with Crippen molar-refractivity contribution < 1.29 is 9.84 Å². The maximum absolute atomic E-state index is 9.11. The van der Waals surface area contributed by atoms with Gasteiger partial charge in [0.05, 0.1) is 12.1 Å². The number of para-hydroxylation sites is 1. The minimum absolute atomic E-state index is 0.228. The van der Waals surface area contributed by atoms with Crippen LogP contribution in [0.3, 0.4) is 0 Å². The van der Waals surface area contributed by atoms with Gasteiger partial charge in [0.25, 0.3) is 0 Å². The zero-order valence-electron chi connectivity index (χ0n) is 9.24. The lowest BCUT2D eigenvalue weighted by Crippen LogP contribution is -2.15. The van der Waals surface area contributed by atoms with Crippen molar-refractivity contribution in [3.05, 3.63) is 28.8 Å². The molecule has 0 radical (unpaired) electrons. The molecule has 1 saturated heterocycles. The molecular formula is C12H16ClNO2. The molecule has 0 aromatic heterocycles. The van der Waals surface area contributed by atoms with E-state index in [1.54, 1.807) is 7.11 Å². The van der Waals surface area contributed by atoms with E-state index in [1.807, 2.05) is 18.2 Å². The number of aliphatic hydroxyl groups excluding tert-OH is 1. The summed E-state index contributed by atoms with van der Waals surface area (Å²) in [7, 11) is 1.63. The monoisotopic (exact) mass is 241 g/mol. The van der Waals surface area contributed by atoms with Gasteiger partial charge in [0.2, 0.25) is 0 Å². The van der Waals surface area contributed by atoms with Crippen LogP contribution < -0.4 is 10.1 Å². The Morgan fingerprint density at radius 3 is 3.00 bits per heavy atom. The zero-order chi connectivity index (χ0) is 11.5. The number of methoxy groups -OCH3 is 1. The summed E-state index contributed by atoms with van der Waals surface area (Å²) < 4.78 is 5.32. The van der Waals surface area contributed by atoms with Crippen LogP contribution in [0.2, 0.25) is 5.02 Å². The molecule has 2 rings (SSSR count). The molecule has 4 heteroatoms. The molecule has 1 aromatic rings. The highest BCUT2D eigenvalue weighted by molar-refractivity contribution is 6.32. The highest BCUT2D eigenvalue weighted by atomic mass is 35.5. The maximum Gasteiger partial charge on any atom is 0.142 e. The van der Waals surface area contributed by atoms with Gasteiger partial charge in [0.15, 0.2) is 0 Å². The third kappa shape index (κ3) is 2.17. The van der Waals surface area contributed by atoms with Gasteiger partial charge < -0.3 is 15.2 Å². The molecule has 1 heterocycles. The Kier molecular flexibility index (Phi) is 3.69. The average Bonchev–Trinajstić information content (AvgIpc) is 2.77. The van der Waals surface area contributed by atoms with Crippen LogP contribution in [-0.2, 0) is 0 Å². The van der Waals surface area contributed by atoms with Crippen molar-refractivity contribution in [2.24, 2.45) is 5.92 Å². The van der Waals surface area contributed by atoms with Crippen LogP contribution in [0.1, 0.15) is 18.0 Å². The molecule has 1 aliphatic heterocycles. The van der Waals surface area contributed by atoms with E-state index in [-0.39, 0.29) is 12.6 Å². The van der Waals surface area contributed by atoms with Gasteiger partial charge in [0.1, 0.15) is 5.75 Å². The summed E-state index contributed by atoms with van der Waals surface area (Å²) in [5.41, 5.74) is 1.07. The zero-order valence-corrected chi connectivity index (χ0v) is 10.00. The van der Waals surface area contributed by atoms with Crippen LogP contribution in [0, 0.1) is 5.92 Å². The molecule has 0 amide bonds. The molecule has 3 nitrogen and oxygen atoms in total. The van der Waals surface area contributed by atoms with Crippen molar-refractivity contribution in [1.29, 1.82) is 0 Å². The second kappa shape index (κ2) is 5.04. The van der Waals surface area contributed by atoms with Gasteiger partial charge >= 0.3 is 0 Å². The third-order valence-electron chi connectivity index (χ3n) is 3.06. The Hall–Kier alpha value is -0.770. The second-order valence-electron chi connectivity index (χ2n) is 4.11. The SMILES string of the molecule is COc1c(Cl)cccc1C1CC(CO)CN1. The lowest BCUT2D eigenvalue weighted by Gasteiger charge is -2.16. The lowest BCUT2D eigenvalue weighted by atomic mass is 10.00. The Morgan fingerprint density at radius 1 is 1.56 bits per heavy atom. The van der Waals surface area contributed by atoms with E-state index in [4.69, 9.17) is 21.4 Å². The number of nitrogens with one attached hydrogen (secondary N) is 1. The van der Waals surface area contributed by atoms with E-state index in [1.165, 1.54) is 0 Å². The molecular weight excluding hydrogens is 226 g/mol. The predicted molar refractivity (Wildman–Crippen MR) is 63.9 cm³/mol. The van der Waals surface area contributed by atoms with Crippen molar-refractivity contribution in [3.8, 4) is 5.75 Å². The maximum atomic E-state index is 9.11. The van der Waals surface area contributed by atoms with Crippen molar-refractivity contribution in [2.45, 2.75) is 12.5 Å². The largest absolute Gasteiger partial charge is 0.495 e. The summed E-state index contributed by atoms with van der Waals surface area (Å²) in [5.74, 6) is 1.06. The van der Waals surface area contributed by atoms with Crippen molar-refractivity contribution >= 4 is 11.6 Å². The van der Waals surface area contributed by atoms with E-state index >= 15 is 0 Å². The van der Waals surface area contributed by atoms with Gasteiger partial charge in [-0.2, -0.15) is 0 Å². The number of hydrogen-bond donors (Lipinski definition) is 2. The Labute approximate surface area is 100 Å². The van der Waals surface area contributed by atoms with Gasteiger partial charge in [-0.25, -0.2) is 0 Å². The predicted octanol–water partition coefficient (Wildman–Crippen LogP) is 1.99. The van der Waals surface area contributed by atoms with E-state index in [2.05, 4.69) is 5.32 Å². The van der Waals surface area contributed by atoms with Crippen LogP contribution in [0.25, 0.3) is 0 Å². The molecule has 1 fully saturated rings. The van der Waals surface area contributed by atoms with Gasteiger partial charge in [-0.15, -0.1) is 0 Å². The normalized spacial score (nSPS) is 24.7. The molecule has 88 valence electrons. The number of rotatable bonds is 3. The van der Waals surface area contributed by atoms with Crippen LogP contribution in [0.5, 0.6) is 5.75 Å². The summed E-state index contributed by atoms with van der Waals surface area (Å²) in [4.78, 5) is 0. The first kappa shape index (κ1) is 11.7. The highest BCUT2D eigenvalue weighted by Gasteiger charge is 2.27. The van der Waals surface area contributed by atoms with Crippen molar-refractivity contribution in [3.63, 3.8) is 0 Å². The summed E-state index contributed by atoms with van der Waals surface area (Å²) in [6.45, 7) is 1.07. The summed E-state index contributed by atoms with van der Waals surface area (Å²) >= 11 is 6.08. The smallest absolute Gasteiger partial charge is 0.142 e. The molecule has 0 saturated carbocycles. The molecule has 2 atom stereocenters. The number of ether oxygens (including phenoxy) is 1. The van der Waals surface area contributed by atoms with Gasteiger partial charge in [-0.05, 0) is 18.4 Å². The van der Waals surface area contributed by atoms with Crippen LogP contribution >= 0.6 is 11.6 Å². The van der Waals surface area contributed by atoms with Crippen molar-refractivity contribution in [1.82, 2.24) is 5.32 Å². The third-order valence-corrected chi connectivity index (χ3v) is 3.35. The van der Waals surface area contributed by atoms with Gasteiger partial charge in [0, 0.05) is 24.8 Å². The molecule has 1 aliphatic rings. The molecule has 2 N–H and O–H groups in total. The van der Waals surface area contributed by atoms with E-state index in [0.717, 1.165) is 24.3 Å². The first-order valence-corrected chi connectivity index (χ1v) is 5.80. The van der Waals surface area contributed by atoms with E-state index < -0.39 is 0 Å². The summed E-state index contributed by atoms with van der Waals surface area (Å²) in [6.07, 6.45) is 0.924. The Morgan fingerprint density at radius 2 is 2.38 bits per heavy atom.